The lowest BCUT2D eigenvalue weighted by molar-refractivity contribution is 0.306. The van der Waals surface area contributed by atoms with Gasteiger partial charge in [-0.3, -0.25) is 0 Å². The summed E-state index contributed by atoms with van der Waals surface area (Å²) in [5.41, 5.74) is 2.55. The molecule has 0 amide bonds. The molecule has 0 atom stereocenters. The van der Waals surface area contributed by atoms with Gasteiger partial charge in [0, 0.05) is 17.0 Å². The molecule has 0 bridgehead atoms. The van der Waals surface area contributed by atoms with Gasteiger partial charge in [0.25, 0.3) is 0 Å². The van der Waals surface area contributed by atoms with Crippen LogP contribution >= 0.6 is 0 Å². The first-order valence-electron chi connectivity index (χ1n) is 6.82. The van der Waals surface area contributed by atoms with Crippen molar-refractivity contribution < 1.29 is 9.15 Å². The van der Waals surface area contributed by atoms with Crippen LogP contribution < -0.4 is 10.4 Å². The highest BCUT2D eigenvalue weighted by Crippen LogP contribution is 2.20. The molecule has 0 radical (unpaired) electrons. The summed E-state index contributed by atoms with van der Waals surface area (Å²) in [5.74, 6) is 0.646. The summed E-state index contributed by atoms with van der Waals surface area (Å²) in [7, 11) is 0. The maximum Gasteiger partial charge on any atom is 0.336 e. The highest BCUT2D eigenvalue weighted by atomic mass is 16.5. The maximum absolute atomic E-state index is 11.7. The molecule has 1 aromatic heterocycles. The van der Waals surface area contributed by atoms with Crippen LogP contribution in [0.2, 0.25) is 0 Å². The number of hydrogen-bond donors (Lipinski definition) is 0. The molecule has 0 fully saturated rings. The first-order valence-corrected chi connectivity index (χ1v) is 6.82. The van der Waals surface area contributed by atoms with E-state index in [0.29, 0.717) is 16.9 Å². The van der Waals surface area contributed by atoms with Gasteiger partial charge in [0.05, 0.1) is 11.6 Å². The molecule has 4 nitrogen and oxygen atoms in total. The normalized spacial score (nSPS) is 10.4. The monoisotopic (exact) mass is 291 g/mol. The number of benzene rings is 2. The van der Waals surface area contributed by atoms with E-state index in [1.54, 1.807) is 24.3 Å². The van der Waals surface area contributed by atoms with Crippen molar-refractivity contribution in [2.75, 3.05) is 0 Å². The SMILES string of the molecule is Cc1ccc2c(COc3ccc(C#N)cc3)cc(=O)oc2c1. The molecule has 3 aromatic rings. The van der Waals surface area contributed by atoms with Gasteiger partial charge in [0.15, 0.2) is 0 Å². The molecule has 108 valence electrons. The van der Waals surface area contributed by atoms with Crippen molar-refractivity contribution in [1.82, 2.24) is 0 Å². The number of nitrogens with zero attached hydrogens (tertiary/aromatic N) is 1. The molecular formula is C18H13NO3. The highest BCUT2D eigenvalue weighted by molar-refractivity contribution is 5.80. The van der Waals surface area contributed by atoms with Gasteiger partial charge in [-0.25, -0.2) is 4.79 Å². The molecule has 0 aliphatic carbocycles. The fourth-order valence-electron chi connectivity index (χ4n) is 2.24. The van der Waals surface area contributed by atoms with E-state index in [0.717, 1.165) is 16.5 Å². The Hall–Kier alpha value is -3.06. The minimum absolute atomic E-state index is 0.261. The summed E-state index contributed by atoms with van der Waals surface area (Å²) < 4.78 is 10.9. The minimum atomic E-state index is -0.392. The van der Waals surface area contributed by atoms with Crippen LogP contribution in [0.4, 0.5) is 0 Å². The summed E-state index contributed by atoms with van der Waals surface area (Å²) in [4.78, 5) is 11.7. The third kappa shape index (κ3) is 2.84. The second-order valence-electron chi connectivity index (χ2n) is 5.02. The van der Waals surface area contributed by atoms with Crippen molar-refractivity contribution >= 4 is 11.0 Å². The van der Waals surface area contributed by atoms with E-state index in [2.05, 4.69) is 6.07 Å². The number of aryl methyl sites for hydroxylation is 1. The average Bonchev–Trinajstić information content (AvgIpc) is 2.52. The van der Waals surface area contributed by atoms with E-state index >= 15 is 0 Å². The van der Waals surface area contributed by atoms with Gasteiger partial charge in [-0.2, -0.15) is 5.26 Å². The van der Waals surface area contributed by atoms with Crippen LogP contribution in [0.5, 0.6) is 5.75 Å². The van der Waals surface area contributed by atoms with Gasteiger partial charge in [-0.05, 0) is 42.8 Å². The average molecular weight is 291 g/mol. The Bertz CT molecular complexity index is 918. The summed E-state index contributed by atoms with van der Waals surface area (Å²) in [6.07, 6.45) is 0. The lowest BCUT2D eigenvalue weighted by Crippen LogP contribution is -2.04. The van der Waals surface area contributed by atoms with E-state index < -0.39 is 5.63 Å². The Kier molecular flexibility index (Phi) is 3.63. The third-order valence-electron chi connectivity index (χ3n) is 3.36. The van der Waals surface area contributed by atoms with E-state index in [1.807, 2.05) is 25.1 Å². The van der Waals surface area contributed by atoms with Gasteiger partial charge in [0.2, 0.25) is 0 Å². The first-order chi connectivity index (χ1) is 10.7. The molecule has 0 aliphatic heterocycles. The summed E-state index contributed by atoms with van der Waals surface area (Å²) in [6.45, 7) is 2.20. The fraction of sp³-hybridized carbons (Fsp3) is 0.111. The van der Waals surface area contributed by atoms with Crippen molar-refractivity contribution in [2.45, 2.75) is 13.5 Å². The zero-order chi connectivity index (χ0) is 15.5. The fourth-order valence-corrected chi connectivity index (χ4v) is 2.24. The largest absolute Gasteiger partial charge is 0.489 e. The molecule has 0 unspecified atom stereocenters. The standard InChI is InChI=1S/C18H13NO3/c1-12-2-7-16-14(9-18(20)22-17(16)8-12)11-21-15-5-3-13(10-19)4-6-15/h2-9H,11H2,1H3. The molecule has 0 saturated heterocycles. The third-order valence-corrected chi connectivity index (χ3v) is 3.36. The van der Waals surface area contributed by atoms with E-state index in [-0.39, 0.29) is 6.61 Å². The van der Waals surface area contributed by atoms with Crippen molar-refractivity contribution in [2.24, 2.45) is 0 Å². The highest BCUT2D eigenvalue weighted by Gasteiger charge is 2.07. The van der Waals surface area contributed by atoms with Crippen molar-refractivity contribution in [3.8, 4) is 11.8 Å². The minimum Gasteiger partial charge on any atom is -0.489 e. The predicted octanol–water partition coefficient (Wildman–Crippen LogP) is 3.55. The van der Waals surface area contributed by atoms with Crippen molar-refractivity contribution in [1.29, 1.82) is 5.26 Å². The van der Waals surface area contributed by atoms with Gasteiger partial charge in [-0.1, -0.05) is 12.1 Å². The predicted molar refractivity (Wildman–Crippen MR) is 82.7 cm³/mol. The zero-order valence-electron chi connectivity index (χ0n) is 12.0. The Labute approximate surface area is 127 Å². The van der Waals surface area contributed by atoms with E-state index in [4.69, 9.17) is 14.4 Å². The summed E-state index contributed by atoms with van der Waals surface area (Å²) in [5, 5.41) is 9.63. The zero-order valence-corrected chi connectivity index (χ0v) is 12.0. The van der Waals surface area contributed by atoms with Gasteiger partial charge in [-0.15, -0.1) is 0 Å². The molecule has 0 aliphatic rings. The Morgan fingerprint density at radius 2 is 1.91 bits per heavy atom. The van der Waals surface area contributed by atoms with Crippen LogP contribution in [0.1, 0.15) is 16.7 Å². The van der Waals surface area contributed by atoms with Crippen molar-refractivity contribution in [3.63, 3.8) is 0 Å². The lowest BCUT2D eigenvalue weighted by atomic mass is 10.1. The maximum atomic E-state index is 11.7. The van der Waals surface area contributed by atoms with E-state index in [1.165, 1.54) is 6.07 Å². The lowest BCUT2D eigenvalue weighted by Gasteiger charge is -2.08. The quantitative estimate of drug-likeness (QED) is 0.692. The summed E-state index contributed by atoms with van der Waals surface area (Å²) in [6, 6.07) is 16.1. The Balaban J connectivity index is 1.90. The van der Waals surface area contributed by atoms with Crippen LogP contribution in [-0.2, 0) is 6.61 Å². The van der Waals surface area contributed by atoms with Gasteiger partial charge >= 0.3 is 5.63 Å². The molecule has 3 rings (SSSR count). The van der Waals surface area contributed by atoms with Crippen LogP contribution in [0.25, 0.3) is 11.0 Å². The Morgan fingerprint density at radius 1 is 1.14 bits per heavy atom. The smallest absolute Gasteiger partial charge is 0.336 e. The number of hydrogen-bond acceptors (Lipinski definition) is 4. The number of rotatable bonds is 3. The van der Waals surface area contributed by atoms with Gasteiger partial charge in [0.1, 0.15) is 17.9 Å². The van der Waals surface area contributed by atoms with Crippen LogP contribution in [-0.4, -0.2) is 0 Å². The molecule has 4 heteroatoms. The number of nitriles is 1. The first kappa shape index (κ1) is 13.9. The molecule has 22 heavy (non-hydrogen) atoms. The van der Waals surface area contributed by atoms with Crippen LogP contribution in [0.3, 0.4) is 0 Å². The van der Waals surface area contributed by atoms with Crippen LogP contribution in [0, 0.1) is 18.3 Å². The molecule has 0 N–H and O–H groups in total. The topological polar surface area (TPSA) is 63.2 Å². The van der Waals surface area contributed by atoms with Crippen LogP contribution in [0.15, 0.2) is 57.7 Å². The second-order valence-corrected chi connectivity index (χ2v) is 5.02. The molecule has 2 aromatic carbocycles. The second kappa shape index (κ2) is 5.74. The Morgan fingerprint density at radius 3 is 2.64 bits per heavy atom. The molecular weight excluding hydrogens is 278 g/mol. The molecule has 0 spiro atoms. The van der Waals surface area contributed by atoms with Crippen molar-refractivity contribution in [3.05, 3.63) is 75.6 Å². The summed E-state index contributed by atoms with van der Waals surface area (Å²) >= 11 is 0. The molecule has 1 heterocycles. The number of fused-ring (bicyclic) bond motifs is 1. The number of ether oxygens (including phenoxy) is 1. The molecule has 0 saturated carbocycles. The van der Waals surface area contributed by atoms with E-state index in [9.17, 15) is 4.79 Å². The van der Waals surface area contributed by atoms with Gasteiger partial charge < -0.3 is 9.15 Å².